The Morgan fingerprint density at radius 2 is 1.52 bits per heavy atom. The SMILES string of the molecule is CC(=O)N1C[C@H](OC(=O)c2ccccc2)S[C@H]1COC(=O)c1ccccc1. The van der Waals surface area contributed by atoms with Gasteiger partial charge in [-0.05, 0) is 24.3 Å². The average molecular weight is 385 g/mol. The second-order valence-electron chi connectivity index (χ2n) is 5.93. The minimum Gasteiger partial charge on any atom is -0.459 e. The molecule has 140 valence electrons. The van der Waals surface area contributed by atoms with Crippen LogP contribution in [-0.4, -0.2) is 46.7 Å². The van der Waals surface area contributed by atoms with Gasteiger partial charge in [-0.1, -0.05) is 48.2 Å². The molecule has 2 aromatic rings. The second kappa shape index (κ2) is 8.73. The van der Waals surface area contributed by atoms with Crippen molar-refractivity contribution in [1.29, 1.82) is 0 Å². The molecule has 1 aliphatic heterocycles. The van der Waals surface area contributed by atoms with Crippen LogP contribution in [0.4, 0.5) is 0 Å². The summed E-state index contributed by atoms with van der Waals surface area (Å²) < 4.78 is 10.8. The van der Waals surface area contributed by atoms with Gasteiger partial charge in [-0.15, -0.1) is 0 Å². The number of carbonyl (C=O) groups is 3. The van der Waals surface area contributed by atoms with Crippen LogP contribution in [0.5, 0.6) is 0 Å². The zero-order valence-corrected chi connectivity index (χ0v) is 15.6. The molecule has 7 heteroatoms. The molecule has 0 spiro atoms. The molecule has 0 N–H and O–H groups in total. The van der Waals surface area contributed by atoms with Crippen LogP contribution in [0.3, 0.4) is 0 Å². The molecule has 0 saturated carbocycles. The first-order valence-corrected chi connectivity index (χ1v) is 9.40. The molecule has 0 aromatic heterocycles. The largest absolute Gasteiger partial charge is 0.459 e. The van der Waals surface area contributed by atoms with Crippen molar-refractivity contribution in [3.63, 3.8) is 0 Å². The minimum absolute atomic E-state index is 0.0252. The normalized spacial score (nSPS) is 18.8. The molecular formula is C20H19NO5S. The molecule has 1 amide bonds. The highest BCUT2D eigenvalue weighted by molar-refractivity contribution is 8.00. The lowest BCUT2D eigenvalue weighted by atomic mass is 10.2. The van der Waals surface area contributed by atoms with E-state index in [0.717, 1.165) is 0 Å². The summed E-state index contributed by atoms with van der Waals surface area (Å²) in [6.07, 6.45) is 0. The number of amides is 1. The molecule has 2 aromatic carbocycles. The zero-order chi connectivity index (χ0) is 19.2. The van der Waals surface area contributed by atoms with Crippen molar-refractivity contribution < 1.29 is 23.9 Å². The Balaban J connectivity index is 1.59. The van der Waals surface area contributed by atoms with Crippen LogP contribution < -0.4 is 0 Å². The van der Waals surface area contributed by atoms with Gasteiger partial charge in [0, 0.05) is 6.92 Å². The number of hydrogen-bond donors (Lipinski definition) is 0. The first kappa shape index (κ1) is 19.0. The third-order valence-electron chi connectivity index (χ3n) is 4.02. The summed E-state index contributed by atoms with van der Waals surface area (Å²) in [7, 11) is 0. The van der Waals surface area contributed by atoms with Crippen molar-refractivity contribution in [2.45, 2.75) is 17.7 Å². The highest BCUT2D eigenvalue weighted by Gasteiger charge is 2.37. The maximum atomic E-state index is 12.2. The highest BCUT2D eigenvalue weighted by atomic mass is 32.2. The molecule has 0 aliphatic carbocycles. The van der Waals surface area contributed by atoms with Gasteiger partial charge in [0.05, 0.1) is 17.7 Å². The van der Waals surface area contributed by atoms with Gasteiger partial charge in [-0.3, -0.25) is 4.79 Å². The van der Waals surface area contributed by atoms with E-state index >= 15 is 0 Å². The van der Waals surface area contributed by atoms with E-state index in [0.29, 0.717) is 11.1 Å². The second-order valence-corrected chi connectivity index (χ2v) is 7.27. The predicted molar refractivity (Wildman–Crippen MR) is 101 cm³/mol. The standard InChI is InChI=1S/C20H19NO5S/c1-14(22)21-12-18(26-20(24)16-10-6-3-7-11-16)27-17(21)13-25-19(23)15-8-4-2-5-9-15/h2-11,17-18H,12-13H2,1H3/t17-,18+/m0/s1. The summed E-state index contributed by atoms with van der Waals surface area (Å²) in [5.41, 5.74) is 0.385. The highest BCUT2D eigenvalue weighted by Crippen LogP contribution is 2.32. The number of carbonyl (C=O) groups excluding carboxylic acids is 3. The number of esters is 2. The van der Waals surface area contributed by atoms with Crippen LogP contribution in [0, 0.1) is 0 Å². The lowest BCUT2D eigenvalue weighted by Gasteiger charge is -2.21. The van der Waals surface area contributed by atoms with Crippen LogP contribution in [0.1, 0.15) is 27.6 Å². The van der Waals surface area contributed by atoms with E-state index < -0.39 is 22.7 Å². The van der Waals surface area contributed by atoms with E-state index in [4.69, 9.17) is 9.47 Å². The fraction of sp³-hybridized carbons (Fsp3) is 0.250. The number of thioether (sulfide) groups is 1. The van der Waals surface area contributed by atoms with E-state index in [-0.39, 0.29) is 19.1 Å². The monoisotopic (exact) mass is 385 g/mol. The molecule has 1 aliphatic rings. The van der Waals surface area contributed by atoms with E-state index in [1.807, 2.05) is 12.1 Å². The molecule has 0 radical (unpaired) electrons. The fourth-order valence-electron chi connectivity index (χ4n) is 2.66. The molecule has 0 bridgehead atoms. The van der Waals surface area contributed by atoms with Gasteiger partial charge in [0.15, 0.2) is 5.44 Å². The van der Waals surface area contributed by atoms with Gasteiger partial charge in [-0.2, -0.15) is 0 Å². The number of ether oxygens (including phenoxy) is 2. The van der Waals surface area contributed by atoms with Crippen molar-refractivity contribution in [2.75, 3.05) is 13.2 Å². The van der Waals surface area contributed by atoms with Crippen LogP contribution >= 0.6 is 11.8 Å². The topological polar surface area (TPSA) is 72.9 Å². The van der Waals surface area contributed by atoms with E-state index in [9.17, 15) is 14.4 Å². The van der Waals surface area contributed by atoms with Gasteiger partial charge in [0.1, 0.15) is 12.0 Å². The van der Waals surface area contributed by atoms with Crippen LogP contribution in [0.2, 0.25) is 0 Å². The smallest absolute Gasteiger partial charge is 0.339 e. The minimum atomic E-state index is -0.512. The number of benzene rings is 2. The van der Waals surface area contributed by atoms with Crippen molar-refractivity contribution in [1.82, 2.24) is 4.90 Å². The summed E-state index contributed by atoms with van der Waals surface area (Å²) in [5.74, 6) is -1.07. The lowest BCUT2D eigenvalue weighted by molar-refractivity contribution is -0.130. The van der Waals surface area contributed by atoms with Crippen molar-refractivity contribution >= 4 is 29.6 Å². The molecule has 1 heterocycles. The van der Waals surface area contributed by atoms with E-state index in [1.54, 1.807) is 53.4 Å². The molecular weight excluding hydrogens is 366 g/mol. The van der Waals surface area contributed by atoms with Crippen LogP contribution in [0.25, 0.3) is 0 Å². The number of rotatable bonds is 5. The summed E-state index contributed by atoms with van der Waals surface area (Å²) in [6.45, 7) is 1.72. The molecule has 3 rings (SSSR count). The third-order valence-corrected chi connectivity index (χ3v) is 5.27. The Kier molecular flexibility index (Phi) is 6.13. The molecule has 2 atom stereocenters. The number of hydrogen-bond acceptors (Lipinski definition) is 6. The van der Waals surface area contributed by atoms with Gasteiger partial charge in [0.2, 0.25) is 5.91 Å². The number of nitrogens with zero attached hydrogens (tertiary/aromatic N) is 1. The Morgan fingerprint density at radius 3 is 2.07 bits per heavy atom. The van der Waals surface area contributed by atoms with Crippen molar-refractivity contribution in [2.24, 2.45) is 0 Å². The summed E-state index contributed by atoms with van der Waals surface area (Å²) >= 11 is 1.29. The van der Waals surface area contributed by atoms with Crippen LogP contribution in [0.15, 0.2) is 60.7 Å². The first-order chi connectivity index (χ1) is 13.0. The van der Waals surface area contributed by atoms with Gasteiger partial charge < -0.3 is 14.4 Å². The fourth-order valence-corrected chi connectivity index (χ4v) is 3.93. The Hall–Kier alpha value is -2.80. The average Bonchev–Trinajstić information content (AvgIpc) is 3.10. The van der Waals surface area contributed by atoms with Crippen molar-refractivity contribution in [3.8, 4) is 0 Å². The predicted octanol–water partition coefficient (Wildman–Crippen LogP) is 2.95. The first-order valence-electron chi connectivity index (χ1n) is 8.45. The summed E-state index contributed by atoms with van der Waals surface area (Å²) in [6, 6.07) is 17.3. The zero-order valence-electron chi connectivity index (χ0n) is 14.7. The molecule has 0 unspecified atom stereocenters. The van der Waals surface area contributed by atoms with E-state index in [2.05, 4.69) is 0 Å². The maximum absolute atomic E-state index is 12.2. The van der Waals surface area contributed by atoms with Gasteiger partial charge >= 0.3 is 11.9 Å². The molecule has 1 fully saturated rings. The van der Waals surface area contributed by atoms with Gasteiger partial charge in [0.25, 0.3) is 0 Å². The van der Waals surface area contributed by atoms with Crippen LogP contribution in [-0.2, 0) is 14.3 Å². The quantitative estimate of drug-likeness (QED) is 0.737. The molecule has 27 heavy (non-hydrogen) atoms. The lowest BCUT2D eigenvalue weighted by Crippen LogP contribution is -2.37. The molecule has 6 nitrogen and oxygen atoms in total. The molecule has 1 saturated heterocycles. The van der Waals surface area contributed by atoms with E-state index in [1.165, 1.54) is 18.7 Å². The summed E-state index contributed by atoms with van der Waals surface area (Å²) in [5, 5.41) is -0.399. The Bertz CT molecular complexity index is 812. The maximum Gasteiger partial charge on any atom is 0.339 e. The summed E-state index contributed by atoms with van der Waals surface area (Å²) in [4.78, 5) is 37.8. The van der Waals surface area contributed by atoms with Gasteiger partial charge in [-0.25, -0.2) is 9.59 Å². The van der Waals surface area contributed by atoms with Crippen molar-refractivity contribution in [3.05, 3.63) is 71.8 Å². The Labute approximate surface area is 161 Å². The third kappa shape index (κ3) is 4.89. The Morgan fingerprint density at radius 1 is 0.963 bits per heavy atom.